The third-order valence-electron chi connectivity index (χ3n) is 4.64. The lowest BCUT2D eigenvalue weighted by molar-refractivity contribution is -0.0721. The number of nitrogens with one attached hydrogen (secondary N) is 1. The van der Waals surface area contributed by atoms with Crippen molar-refractivity contribution in [2.75, 3.05) is 51.4 Å². The van der Waals surface area contributed by atoms with Gasteiger partial charge in [-0.2, -0.15) is 11.8 Å². The van der Waals surface area contributed by atoms with Gasteiger partial charge in [-0.25, -0.2) is 0 Å². The maximum Gasteiger partial charge on any atom is 0.193 e. The number of piperidine rings is 1. The lowest BCUT2D eigenvalue weighted by Gasteiger charge is -2.35. The van der Waals surface area contributed by atoms with Crippen LogP contribution < -0.4 is 5.32 Å². The van der Waals surface area contributed by atoms with Crippen LogP contribution in [-0.2, 0) is 9.47 Å². The number of aliphatic imine (C=N–C) groups is 1. The smallest absolute Gasteiger partial charge is 0.193 e. The third-order valence-corrected chi connectivity index (χ3v) is 5.33. The maximum atomic E-state index is 6.11. The van der Waals surface area contributed by atoms with Crippen molar-refractivity contribution >= 4 is 17.7 Å². The molecule has 0 aromatic carbocycles. The zero-order valence-corrected chi connectivity index (χ0v) is 16.3. The highest BCUT2D eigenvalue weighted by Crippen LogP contribution is 2.18. The first-order valence-corrected chi connectivity index (χ1v) is 11.0. The molecule has 0 aromatic heterocycles. The molecule has 0 amide bonds. The number of hydrogen-bond acceptors (Lipinski definition) is 4. The molecule has 0 spiro atoms. The molecule has 0 aromatic rings. The Morgan fingerprint density at radius 1 is 1.29 bits per heavy atom. The molecule has 0 saturated carbocycles. The Morgan fingerprint density at radius 3 is 2.79 bits per heavy atom. The second kappa shape index (κ2) is 12.0. The molecule has 1 atom stereocenters. The molecule has 1 unspecified atom stereocenters. The molecule has 6 heteroatoms. The van der Waals surface area contributed by atoms with Gasteiger partial charge in [0.1, 0.15) is 0 Å². The van der Waals surface area contributed by atoms with Gasteiger partial charge in [0.2, 0.25) is 0 Å². The van der Waals surface area contributed by atoms with Crippen molar-refractivity contribution in [2.45, 2.75) is 57.7 Å². The van der Waals surface area contributed by atoms with Gasteiger partial charge in [0.25, 0.3) is 0 Å². The Kier molecular flexibility index (Phi) is 9.92. The van der Waals surface area contributed by atoms with E-state index < -0.39 is 0 Å². The van der Waals surface area contributed by atoms with Crippen LogP contribution in [0, 0.1) is 0 Å². The average Bonchev–Trinajstić information content (AvgIpc) is 2.64. The van der Waals surface area contributed by atoms with E-state index in [0.29, 0.717) is 12.2 Å². The first kappa shape index (κ1) is 19.9. The van der Waals surface area contributed by atoms with Crippen LogP contribution in [0.3, 0.4) is 0 Å². The Bertz CT molecular complexity index is 354. The quantitative estimate of drug-likeness (QED) is 0.411. The average molecular weight is 358 g/mol. The SMILES string of the molecule is CCNC(=NCCCSC)N1CCC(OCC2CCCCO2)CC1. The number of nitrogens with zero attached hydrogens (tertiary/aromatic N) is 2. The molecule has 140 valence electrons. The summed E-state index contributed by atoms with van der Waals surface area (Å²) in [6, 6.07) is 0. The molecular formula is C18H35N3O2S. The highest BCUT2D eigenvalue weighted by Gasteiger charge is 2.23. The summed E-state index contributed by atoms with van der Waals surface area (Å²) in [5, 5.41) is 3.44. The summed E-state index contributed by atoms with van der Waals surface area (Å²) in [4.78, 5) is 7.16. The molecule has 2 aliphatic heterocycles. The molecule has 1 N–H and O–H groups in total. The lowest BCUT2D eigenvalue weighted by Crippen LogP contribution is -2.47. The number of ether oxygens (including phenoxy) is 2. The van der Waals surface area contributed by atoms with Crippen LogP contribution >= 0.6 is 11.8 Å². The van der Waals surface area contributed by atoms with Gasteiger partial charge in [-0.15, -0.1) is 0 Å². The minimum absolute atomic E-state index is 0.326. The molecule has 2 saturated heterocycles. The van der Waals surface area contributed by atoms with Crippen LogP contribution in [0.4, 0.5) is 0 Å². The highest BCUT2D eigenvalue weighted by atomic mass is 32.2. The zero-order valence-electron chi connectivity index (χ0n) is 15.5. The van der Waals surface area contributed by atoms with Crippen molar-refractivity contribution < 1.29 is 9.47 Å². The van der Waals surface area contributed by atoms with E-state index in [-0.39, 0.29) is 0 Å². The first-order valence-electron chi connectivity index (χ1n) is 9.59. The van der Waals surface area contributed by atoms with Crippen molar-refractivity contribution in [2.24, 2.45) is 4.99 Å². The second-order valence-corrected chi connectivity index (χ2v) is 7.58. The monoisotopic (exact) mass is 357 g/mol. The summed E-state index contributed by atoms with van der Waals surface area (Å²) < 4.78 is 11.9. The van der Waals surface area contributed by atoms with E-state index in [0.717, 1.165) is 71.0 Å². The molecule has 0 radical (unpaired) electrons. The van der Waals surface area contributed by atoms with Crippen LogP contribution in [0.25, 0.3) is 0 Å². The molecule has 0 bridgehead atoms. The van der Waals surface area contributed by atoms with Crippen molar-refractivity contribution in [1.29, 1.82) is 0 Å². The summed E-state index contributed by atoms with van der Waals surface area (Å²) in [6.07, 6.45) is 9.83. The molecule has 0 aliphatic carbocycles. The third kappa shape index (κ3) is 7.19. The summed E-state index contributed by atoms with van der Waals surface area (Å²) in [6.45, 7) is 7.72. The molecule has 2 heterocycles. The van der Waals surface area contributed by atoms with Gasteiger partial charge in [0, 0.05) is 32.8 Å². The van der Waals surface area contributed by atoms with E-state index in [1.54, 1.807) is 0 Å². The summed E-state index contributed by atoms with van der Waals surface area (Å²) in [7, 11) is 0. The fourth-order valence-electron chi connectivity index (χ4n) is 3.24. The minimum Gasteiger partial charge on any atom is -0.376 e. The van der Waals surface area contributed by atoms with E-state index in [1.165, 1.54) is 18.6 Å². The lowest BCUT2D eigenvalue weighted by atomic mass is 10.1. The number of hydrogen-bond donors (Lipinski definition) is 1. The van der Waals surface area contributed by atoms with Crippen LogP contribution in [-0.4, -0.2) is 74.5 Å². The van der Waals surface area contributed by atoms with Crippen molar-refractivity contribution in [3.05, 3.63) is 0 Å². The van der Waals surface area contributed by atoms with Gasteiger partial charge in [-0.05, 0) is 57.5 Å². The van der Waals surface area contributed by atoms with Crippen molar-refractivity contribution in [3.63, 3.8) is 0 Å². The van der Waals surface area contributed by atoms with E-state index in [1.807, 2.05) is 11.8 Å². The molecule has 2 aliphatic rings. The zero-order chi connectivity index (χ0) is 17.0. The summed E-state index contributed by atoms with van der Waals surface area (Å²) in [5.74, 6) is 2.26. The first-order chi connectivity index (χ1) is 11.8. The van der Waals surface area contributed by atoms with Gasteiger partial charge >= 0.3 is 0 Å². The molecular weight excluding hydrogens is 322 g/mol. The van der Waals surface area contributed by atoms with Gasteiger partial charge in [0.05, 0.1) is 18.8 Å². The molecule has 2 fully saturated rings. The molecule has 24 heavy (non-hydrogen) atoms. The molecule has 5 nitrogen and oxygen atoms in total. The van der Waals surface area contributed by atoms with Gasteiger partial charge in [0.15, 0.2) is 5.96 Å². The van der Waals surface area contributed by atoms with E-state index in [2.05, 4.69) is 23.4 Å². The summed E-state index contributed by atoms with van der Waals surface area (Å²) >= 11 is 1.89. The molecule has 2 rings (SSSR count). The number of likely N-dealkylation sites (tertiary alicyclic amines) is 1. The minimum atomic E-state index is 0.326. The van der Waals surface area contributed by atoms with Crippen LogP contribution in [0.15, 0.2) is 4.99 Å². The van der Waals surface area contributed by atoms with Crippen LogP contribution in [0.2, 0.25) is 0 Å². The Balaban J connectivity index is 1.68. The Labute approximate surface area is 151 Å². The predicted octanol–water partition coefficient (Wildman–Crippen LogP) is 2.76. The summed E-state index contributed by atoms with van der Waals surface area (Å²) in [5.41, 5.74) is 0. The number of thioether (sulfide) groups is 1. The largest absolute Gasteiger partial charge is 0.376 e. The fraction of sp³-hybridized carbons (Fsp3) is 0.944. The van der Waals surface area contributed by atoms with Gasteiger partial charge in [-0.3, -0.25) is 4.99 Å². The Morgan fingerprint density at radius 2 is 2.12 bits per heavy atom. The van der Waals surface area contributed by atoms with Crippen molar-refractivity contribution in [3.8, 4) is 0 Å². The number of rotatable bonds is 8. The van der Waals surface area contributed by atoms with E-state index in [4.69, 9.17) is 14.5 Å². The normalized spacial score (nSPS) is 23.5. The van der Waals surface area contributed by atoms with Crippen molar-refractivity contribution in [1.82, 2.24) is 10.2 Å². The standard InChI is InChI=1S/C18H35N3O2S/c1-3-19-18(20-10-6-14-24-2)21-11-8-16(9-12-21)23-15-17-7-4-5-13-22-17/h16-17H,3-15H2,1-2H3,(H,19,20). The number of guanidine groups is 1. The maximum absolute atomic E-state index is 6.11. The van der Waals surface area contributed by atoms with Gasteiger partial charge in [-0.1, -0.05) is 0 Å². The highest BCUT2D eigenvalue weighted by molar-refractivity contribution is 7.98. The topological polar surface area (TPSA) is 46.1 Å². The van der Waals surface area contributed by atoms with Gasteiger partial charge < -0.3 is 19.7 Å². The predicted molar refractivity (Wildman–Crippen MR) is 103 cm³/mol. The van der Waals surface area contributed by atoms with Crippen LogP contribution in [0.1, 0.15) is 45.4 Å². The Hall–Kier alpha value is -0.460. The fourth-order valence-corrected chi connectivity index (χ4v) is 3.65. The van der Waals surface area contributed by atoms with E-state index >= 15 is 0 Å². The second-order valence-electron chi connectivity index (χ2n) is 6.59. The van der Waals surface area contributed by atoms with E-state index in [9.17, 15) is 0 Å². The van der Waals surface area contributed by atoms with Crippen LogP contribution in [0.5, 0.6) is 0 Å².